The van der Waals surface area contributed by atoms with Gasteiger partial charge in [0.1, 0.15) is 9.22 Å². The Balaban J connectivity index is 2.99. The van der Waals surface area contributed by atoms with E-state index in [4.69, 9.17) is 11.6 Å². The molecule has 0 aliphatic carbocycles. The molecule has 0 saturated carbocycles. The van der Waals surface area contributed by atoms with Crippen LogP contribution in [-0.4, -0.2) is 14.4 Å². The van der Waals surface area contributed by atoms with Gasteiger partial charge in [0.25, 0.3) is 0 Å². The van der Waals surface area contributed by atoms with Crippen molar-refractivity contribution in [3.8, 4) is 0 Å². The zero-order chi connectivity index (χ0) is 8.72. The molecule has 2 aromatic heterocycles. The molecule has 2 aromatic rings. The second-order valence-corrected chi connectivity index (χ2v) is 4.45. The summed E-state index contributed by atoms with van der Waals surface area (Å²) in [5, 5.41) is 0.498. The van der Waals surface area contributed by atoms with Crippen molar-refractivity contribution < 1.29 is 0 Å². The summed E-state index contributed by atoms with van der Waals surface area (Å²) in [6, 6.07) is 0. The summed E-state index contributed by atoms with van der Waals surface area (Å²) in [5.41, 5.74) is 0.879. The van der Waals surface area contributed by atoms with Gasteiger partial charge in [-0.2, -0.15) is 0 Å². The summed E-state index contributed by atoms with van der Waals surface area (Å²) >= 11 is 10.2. The Morgan fingerprint density at radius 2 is 2.17 bits per heavy atom. The smallest absolute Gasteiger partial charge is 0.177 e. The Hall–Kier alpha value is 0.370. The molecule has 12 heavy (non-hydrogen) atoms. The van der Waals surface area contributed by atoms with Crippen molar-refractivity contribution in [1.82, 2.24) is 14.4 Å². The topological polar surface area (TPSA) is 30.2 Å². The third-order valence-corrected chi connectivity index (χ3v) is 3.21. The van der Waals surface area contributed by atoms with Gasteiger partial charge in [-0.3, -0.25) is 4.40 Å². The Labute approximate surface area is 101 Å². The lowest BCUT2D eigenvalue weighted by molar-refractivity contribution is 1.07. The van der Waals surface area contributed by atoms with Crippen LogP contribution in [0.4, 0.5) is 0 Å². The summed E-state index contributed by atoms with van der Waals surface area (Å²) in [5.74, 6) is 0. The largest absolute Gasteiger partial charge is 0.290 e. The molecule has 62 valence electrons. The lowest BCUT2D eigenvalue weighted by Gasteiger charge is -1.94. The molecule has 0 bridgehead atoms. The number of rotatable bonds is 0. The van der Waals surface area contributed by atoms with E-state index in [1.165, 1.54) is 0 Å². The van der Waals surface area contributed by atoms with E-state index in [-0.39, 0.29) is 0 Å². The van der Waals surface area contributed by atoms with Crippen molar-refractivity contribution in [1.29, 1.82) is 0 Å². The highest BCUT2D eigenvalue weighted by Gasteiger charge is 2.09. The maximum absolute atomic E-state index is 5.90. The molecule has 2 heterocycles. The van der Waals surface area contributed by atoms with Crippen LogP contribution in [0.5, 0.6) is 0 Å². The summed E-state index contributed by atoms with van der Waals surface area (Å²) in [6.45, 7) is 0. The highest BCUT2D eigenvalue weighted by atomic mass is 127. The van der Waals surface area contributed by atoms with E-state index in [0.717, 1.165) is 13.0 Å². The lowest BCUT2D eigenvalue weighted by atomic mass is 10.6. The molecule has 0 saturated heterocycles. The van der Waals surface area contributed by atoms with Crippen molar-refractivity contribution >= 4 is 62.3 Å². The molecule has 0 atom stereocenters. The number of nitrogens with zero attached hydrogens (tertiary/aromatic N) is 3. The van der Waals surface area contributed by atoms with Crippen LogP contribution in [0.1, 0.15) is 0 Å². The molecule has 0 aromatic carbocycles. The molecule has 0 radical (unpaired) electrons. The quantitative estimate of drug-likeness (QED) is 0.631. The first-order valence-electron chi connectivity index (χ1n) is 3.03. The summed E-state index contributed by atoms with van der Waals surface area (Å²) in [6.07, 6.45) is 3.51. The maximum atomic E-state index is 5.90. The van der Waals surface area contributed by atoms with Gasteiger partial charge in [-0.25, -0.2) is 9.97 Å². The van der Waals surface area contributed by atoms with Gasteiger partial charge < -0.3 is 0 Å². The molecule has 0 unspecified atom stereocenters. The van der Waals surface area contributed by atoms with Crippen LogP contribution in [0.3, 0.4) is 0 Å². The number of hydrogen-bond acceptors (Lipinski definition) is 2. The van der Waals surface area contributed by atoms with Crippen molar-refractivity contribution in [2.45, 2.75) is 0 Å². The Bertz CT molecular complexity index is 440. The second kappa shape index (κ2) is 3.26. The number of fused-ring (bicyclic) bond motifs is 1. The van der Waals surface area contributed by atoms with Gasteiger partial charge in [-0.05, 0) is 22.6 Å². The van der Waals surface area contributed by atoms with Gasteiger partial charge in [0.2, 0.25) is 0 Å². The summed E-state index contributed by atoms with van der Waals surface area (Å²) in [4.78, 5) is 8.24. The molecule has 0 fully saturated rings. The predicted molar refractivity (Wildman–Crippen MR) is 63.4 cm³/mol. The highest BCUT2D eigenvalue weighted by molar-refractivity contribution is 14.1. The fourth-order valence-corrected chi connectivity index (χ4v) is 3.17. The van der Waals surface area contributed by atoms with Crippen molar-refractivity contribution in [3.63, 3.8) is 0 Å². The average molecular weight is 405 g/mol. The van der Waals surface area contributed by atoms with Crippen molar-refractivity contribution in [2.24, 2.45) is 0 Å². The zero-order valence-corrected chi connectivity index (χ0v) is 10.7. The van der Waals surface area contributed by atoms with Crippen LogP contribution in [0.15, 0.2) is 12.4 Å². The minimum atomic E-state index is 0.498. The van der Waals surface area contributed by atoms with Gasteiger partial charge >= 0.3 is 0 Å². The third kappa shape index (κ3) is 1.31. The van der Waals surface area contributed by atoms with E-state index in [0.29, 0.717) is 5.15 Å². The summed E-state index contributed by atoms with van der Waals surface area (Å²) < 4.78 is 3.70. The van der Waals surface area contributed by atoms with Gasteiger partial charge in [0.15, 0.2) is 8.98 Å². The van der Waals surface area contributed by atoms with Crippen molar-refractivity contribution in [3.05, 3.63) is 25.1 Å². The third-order valence-electron chi connectivity index (χ3n) is 1.42. The van der Waals surface area contributed by atoms with E-state index in [1.807, 2.05) is 10.6 Å². The molecule has 6 heteroatoms. The molecule has 0 aliphatic heterocycles. The second-order valence-electron chi connectivity index (χ2n) is 2.11. The van der Waals surface area contributed by atoms with Crippen LogP contribution in [-0.2, 0) is 0 Å². The minimum Gasteiger partial charge on any atom is -0.290 e. The Morgan fingerprint density at radius 3 is 2.83 bits per heavy atom. The van der Waals surface area contributed by atoms with E-state index >= 15 is 0 Å². The highest BCUT2D eigenvalue weighted by Crippen LogP contribution is 2.21. The van der Waals surface area contributed by atoms with Crippen LogP contribution < -0.4 is 0 Å². The zero-order valence-electron chi connectivity index (χ0n) is 5.63. The first-order chi connectivity index (χ1) is 5.70. The van der Waals surface area contributed by atoms with Crippen molar-refractivity contribution in [2.75, 3.05) is 0 Å². The number of aromatic nitrogens is 3. The predicted octanol–water partition coefficient (Wildman–Crippen LogP) is 2.59. The molecule has 0 N–H and O–H groups in total. The monoisotopic (exact) mass is 405 g/mol. The standard InChI is InChI=1S/C6H2ClI2N3/c7-4-3-5(8)11-6(9)12(3)2-1-10-4/h1-2H. The molecule has 3 nitrogen and oxygen atoms in total. The van der Waals surface area contributed by atoms with E-state index in [9.17, 15) is 0 Å². The van der Waals surface area contributed by atoms with Gasteiger partial charge in [-0.1, -0.05) is 11.6 Å². The number of imidazole rings is 1. The van der Waals surface area contributed by atoms with E-state index in [1.54, 1.807) is 6.20 Å². The number of halogens is 3. The molecule has 2 rings (SSSR count). The fourth-order valence-electron chi connectivity index (χ4n) is 0.927. The van der Waals surface area contributed by atoms with Crippen LogP contribution in [0, 0.1) is 7.53 Å². The van der Waals surface area contributed by atoms with Gasteiger partial charge in [0.05, 0.1) is 0 Å². The normalized spacial score (nSPS) is 10.9. The molecular formula is C6H2ClI2N3. The lowest BCUT2D eigenvalue weighted by Crippen LogP contribution is -1.88. The van der Waals surface area contributed by atoms with Crippen LogP contribution >= 0.6 is 56.8 Å². The summed E-state index contributed by atoms with van der Waals surface area (Å²) in [7, 11) is 0. The minimum absolute atomic E-state index is 0.498. The first-order valence-corrected chi connectivity index (χ1v) is 5.57. The molecule has 0 amide bonds. The van der Waals surface area contributed by atoms with Gasteiger partial charge in [-0.15, -0.1) is 0 Å². The Kier molecular flexibility index (Phi) is 2.43. The van der Waals surface area contributed by atoms with Crippen LogP contribution in [0.25, 0.3) is 5.52 Å². The Morgan fingerprint density at radius 1 is 1.42 bits per heavy atom. The van der Waals surface area contributed by atoms with E-state index in [2.05, 4.69) is 55.1 Å². The first kappa shape index (κ1) is 8.95. The SMILES string of the molecule is Clc1nccn2c(I)nc(I)c12. The molecular weight excluding hydrogens is 403 g/mol. The molecule has 0 aliphatic rings. The fraction of sp³-hybridized carbons (Fsp3) is 0. The maximum Gasteiger partial charge on any atom is 0.177 e. The van der Waals surface area contributed by atoms with E-state index < -0.39 is 0 Å². The number of hydrogen-bond donors (Lipinski definition) is 0. The van der Waals surface area contributed by atoms with Crippen LogP contribution in [0.2, 0.25) is 5.15 Å². The van der Waals surface area contributed by atoms with Gasteiger partial charge in [0, 0.05) is 35.0 Å². The average Bonchev–Trinajstić information content (AvgIpc) is 2.29. The molecule has 0 spiro atoms.